The number of pyridine rings is 1. The Labute approximate surface area is 155 Å². The second kappa shape index (κ2) is 8.02. The van der Waals surface area contributed by atoms with Gasteiger partial charge in [-0.3, -0.25) is 4.98 Å². The number of hydrogen-bond acceptors (Lipinski definition) is 6. The van der Waals surface area contributed by atoms with Crippen LogP contribution in [0.4, 0.5) is 17.5 Å². The fourth-order valence-corrected chi connectivity index (χ4v) is 2.93. The van der Waals surface area contributed by atoms with Crippen LogP contribution in [0.1, 0.15) is 11.1 Å². The molecule has 0 unspecified atom stereocenters. The van der Waals surface area contributed by atoms with E-state index in [4.69, 9.17) is 0 Å². The minimum Gasteiger partial charge on any atom is -0.358 e. The molecule has 0 aliphatic rings. The standard InChI is InChI=1S/C18H19BrN6/c1-13-3-4-16(15(19)11-13)22-18-23-17(12-21-24-18)25(2)10-7-14-5-8-20-9-6-14/h3-6,8-9,11-12H,7,10H2,1-2H3,(H,22,23,24). The third-order valence-corrected chi connectivity index (χ3v) is 4.45. The molecule has 0 amide bonds. The van der Waals surface area contributed by atoms with Crippen molar-refractivity contribution in [2.45, 2.75) is 13.3 Å². The Kier molecular flexibility index (Phi) is 5.55. The van der Waals surface area contributed by atoms with Crippen LogP contribution < -0.4 is 10.2 Å². The molecule has 1 N–H and O–H groups in total. The number of aryl methyl sites for hydroxylation is 1. The molecule has 128 valence electrons. The van der Waals surface area contributed by atoms with Crippen LogP contribution in [-0.2, 0) is 6.42 Å². The van der Waals surface area contributed by atoms with Crippen LogP contribution in [0, 0.1) is 6.92 Å². The van der Waals surface area contributed by atoms with Gasteiger partial charge in [0.1, 0.15) is 0 Å². The van der Waals surface area contributed by atoms with E-state index in [1.54, 1.807) is 6.20 Å². The zero-order valence-corrected chi connectivity index (χ0v) is 15.7. The van der Waals surface area contributed by atoms with Gasteiger partial charge >= 0.3 is 0 Å². The van der Waals surface area contributed by atoms with E-state index in [0.29, 0.717) is 5.95 Å². The molecule has 2 heterocycles. The highest BCUT2D eigenvalue weighted by atomic mass is 79.9. The first kappa shape index (κ1) is 17.3. The summed E-state index contributed by atoms with van der Waals surface area (Å²) in [7, 11) is 2.00. The molecule has 25 heavy (non-hydrogen) atoms. The van der Waals surface area contributed by atoms with E-state index >= 15 is 0 Å². The van der Waals surface area contributed by atoms with Crippen molar-refractivity contribution >= 4 is 33.4 Å². The number of nitrogens with zero attached hydrogens (tertiary/aromatic N) is 5. The highest BCUT2D eigenvalue weighted by Gasteiger charge is 2.08. The van der Waals surface area contributed by atoms with Crippen molar-refractivity contribution < 1.29 is 0 Å². The van der Waals surface area contributed by atoms with Gasteiger partial charge in [-0.25, -0.2) is 0 Å². The smallest absolute Gasteiger partial charge is 0.249 e. The van der Waals surface area contributed by atoms with Gasteiger partial charge in [0.25, 0.3) is 0 Å². The van der Waals surface area contributed by atoms with E-state index in [2.05, 4.69) is 46.3 Å². The Morgan fingerprint density at radius 1 is 1.16 bits per heavy atom. The molecule has 0 radical (unpaired) electrons. The number of halogens is 1. The summed E-state index contributed by atoms with van der Waals surface area (Å²) in [6, 6.07) is 10.1. The molecule has 0 fully saturated rings. The minimum absolute atomic E-state index is 0.470. The van der Waals surface area contributed by atoms with Crippen molar-refractivity contribution in [3.8, 4) is 0 Å². The number of anilines is 3. The van der Waals surface area contributed by atoms with Gasteiger partial charge in [0.15, 0.2) is 5.82 Å². The van der Waals surface area contributed by atoms with Gasteiger partial charge in [-0.05, 0) is 64.7 Å². The minimum atomic E-state index is 0.470. The first-order chi connectivity index (χ1) is 12.1. The molecule has 7 heteroatoms. The van der Waals surface area contributed by atoms with Crippen molar-refractivity contribution in [3.05, 3.63) is 64.5 Å². The predicted octanol–water partition coefficient (Wildman–Crippen LogP) is 3.76. The monoisotopic (exact) mass is 398 g/mol. The first-order valence-electron chi connectivity index (χ1n) is 7.95. The summed E-state index contributed by atoms with van der Waals surface area (Å²) in [5, 5.41) is 11.3. The third kappa shape index (κ3) is 4.73. The lowest BCUT2D eigenvalue weighted by Crippen LogP contribution is -2.22. The molecule has 3 rings (SSSR count). The van der Waals surface area contributed by atoms with E-state index in [1.165, 1.54) is 11.1 Å². The second-order valence-corrected chi connectivity index (χ2v) is 6.63. The zero-order valence-electron chi connectivity index (χ0n) is 14.1. The van der Waals surface area contributed by atoms with Gasteiger partial charge < -0.3 is 10.2 Å². The van der Waals surface area contributed by atoms with Gasteiger partial charge in [0.2, 0.25) is 5.95 Å². The Balaban J connectivity index is 1.68. The van der Waals surface area contributed by atoms with Gasteiger partial charge in [0, 0.05) is 30.5 Å². The van der Waals surface area contributed by atoms with Crippen molar-refractivity contribution in [2.24, 2.45) is 0 Å². The van der Waals surface area contributed by atoms with Crippen LogP contribution >= 0.6 is 15.9 Å². The normalized spacial score (nSPS) is 10.5. The van der Waals surface area contributed by atoms with Gasteiger partial charge in [-0.1, -0.05) is 6.07 Å². The largest absolute Gasteiger partial charge is 0.358 e. The highest BCUT2D eigenvalue weighted by molar-refractivity contribution is 9.10. The average molecular weight is 399 g/mol. The first-order valence-corrected chi connectivity index (χ1v) is 8.74. The molecule has 0 bridgehead atoms. The number of aromatic nitrogens is 4. The van der Waals surface area contributed by atoms with E-state index in [-0.39, 0.29) is 0 Å². The molecule has 0 saturated carbocycles. The van der Waals surface area contributed by atoms with Crippen LogP contribution in [-0.4, -0.2) is 33.8 Å². The lowest BCUT2D eigenvalue weighted by Gasteiger charge is -2.18. The molecule has 0 saturated heterocycles. The van der Waals surface area contributed by atoms with Gasteiger partial charge in [-0.15, -0.1) is 5.10 Å². The van der Waals surface area contributed by atoms with Crippen LogP contribution in [0.25, 0.3) is 0 Å². The van der Waals surface area contributed by atoms with E-state index in [1.807, 2.05) is 56.7 Å². The maximum atomic E-state index is 4.55. The summed E-state index contributed by atoms with van der Waals surface area (Å²) in [5.41, 5.74) is 3.33. The maximum absolute atomic E-state index is 4.55. The van der Waals surface area contributed by atoms with Crippen molar-refractivity contribution in [2.75, 3.05) is 23.8 Å². The van der Waals surface area contributed by atoms with Crippen LogP contribution in [0.5, 0.6) is 0 Å². The Bertz CT molecular complexity index is 840. The highest BCUT2D eigenvalue weighted by Crippen LogP contribution is 2.25. The van der Waals surface area contributed by atoms with E-state index in [0.717, 1.165) is 28.9 Å². The summed E-state index contributed by atoms with van der Waals surface area (Å²) >= 11 is 3.55. The van der Waals surface area contributed by atoms with Gasteiger partial charge in [0.05, 0.1) is 11.9 Å². The lowest BCUT2D eigenvalue weighted by molar-refractivity contribution is 0.840. The molecule has 2 aromatic heterocycles. The molecular formula is C18H19BrN6. The summed E-state index contributed by atoms with van der Waals surface area (Å²) in [6.07, 6.45) is 6.20. The fraction of sp³-hybridized carbons (Fsp3) is 0.222. The number of rotatable bonds is 6. The van der Waals surface area contributed by atoms with Gasteiger partial charge in [-0.2, -0.15) is 10.1 Å². The molecule has 3 aromatic rings. The van der Waals surface area contributed by atoms with Crippen molar-refractivity contribution in [3.63, 3.8) is 0 Å². The maximum Gasteiger partial charge on any atom is 0.249 e. The second-order valence-electron chi connectivity index (χ2n) is 5.77. The fourth-order valence-electron chi connectivity index (χ4n) is 2.33. The molecular weight excluding hydrogens is 380 g/mol. The van der Waals surface area contributed by atoms with Crippen molar-refractivity contribution in [1.29, 1.82) is 0 Å². The average Bonchev–Trinajstić information content (AvgIpc) is 2.63. The summed E-state index contributed by atoms with van der Waals surface area (Å²) in [5.74, 6) is 1.24. The quantitative estimate of drug-likeness (QED) is 0.681. The van der Waals surface area contributed by atoms with Crippen molar-refractivity contribution in [1.82, 2.24) is 20.2 Å². The number of nitrogens with one attached hydrogen (secondary N) is 1. The third-order valence-electron chi connectivity index (χ3n) is 3.79. The van der Waals surface area contributed by atoms with Crippen LogP contribution in [0.2, 0.25) is 0 Å². The molecule has 0 aliphatic heterocycles. The Morgan fingerprint density at radius 3 is 2.72 bits per heavy atom. The topological polar surface area (TPSA) is 66.8 Å². The molecule has 0 spiro atoms. The summed E-state index contributed by atoms with van der Waals surface area (Å²) < 4.78 is 0.965. The Hall–Kier alpha value is -2.54. The molecule has 1 aromatic carbocycles. The lowest BCUT2D eigenvalue weighted by atomic mass is 10.2. The zero-order chi connectivity index (χ0) is 17.6. The Morgan fingerprint density at radius 2 is 1.96 bits per heavy atom. The SMILES string of the molecule is Cc1ccc(Nc2nncc(N(C)CCc3ccncc3)n2)c(Br)c1. The molecule has 6 nitrogen and oxygen atoms in total. The number of likely N-dealkylation sites (N-methyl/N-ethyl adjacent to an activating group) is 1. The molecule has 0 aliphatic carbocycles. The summed E-state index contributed by atoms with van der Waals surface area (Å²) in [6.45, 7) is 2.88. The number of hydrogen-bond donors (Lipinski definition) is 1. The van der Waals surface area contributed by atoms with E-state index < -0.39 is 0 Å². The van der Waals surface area contributed by atoms with E-state index in [9.17, 15) is 0 Å². The molecule has 0 atom stereocenters. The predicted molar refractivity (Wildman–Crippen MR) is 103 cm³/mol. The number of benzene rings is 1. The summed E-state index contributed by atoms with van der Waals surface area (Å²) in [4.78, 5) is 10.7. The van der Waals surface area contributed by atoms with Crippen LogP contribution in [0.3, 0.4) is 0 Å². The van der Waals surface area contributed by atoms with Crippen LogP contribution in [0.15, 0.2) is 53.4 Å².